The van der Waals surface area contributed by atoms with E-state index in [-0.39, 0.29) is 82.8 Å². The zero-order valence-electron chi connectivity index (χ0n) is 39.4. The van der Waals surface area contributed by atoms with Crippen molar-refractivity contribution in [3.8, 4) is 28.7 Å². The van der Waals surface area contributed by atoms with Crippen LogP contribution in [-0.4, -0.2) is 49.6 Å². The lowest BCUT2D eigenvalue weighted by molar-refractivity contribution is -0.147. The van der Waals surface area contributed by atoms with Crippen LogP contribution in [0.1, 0.15) is 144 Å². The molecule has 1 aliphatic rings. The Morgan fingerprint density at radius 3 is 1.22 bits per heavy atom. The molecule has 1 unspecified atom stereocenters. The first kappa shape index (κ1) is 47.4. The Bertz CT molecular complexity index is 2370. The highest BCUT2D eigenvalue weighted by Crippen LogP contribution is 2.47. The summed E-state index contributed by atoms with van der Waals surface area (Å²) in [4.78, 5) is 17.2. The Hall–Kier alpha value is -5.12. The highest BCUT2D eigenvalue weighted by Gasteiger charge is 2.32. The summed E-state index contributed by atoms with van der Waals surface area (Å²) in [6.45, 7) is 25.6. The molecule has 9 heteroatoms. The number of benzene rings is 5. The van der Waals surface area contributed by atoms with Gasteiger partial charge in [0.1, 0.15) is 34.8 Å². The number of ether oxygens (including phenoxy) is 1. The van der Waals surface area contributed by atoms with Crippen LogP contribution >= 0.6 is 11.8 Å². The number of nitrogens with zero attached hydrogens (tertiary/aromatic N) is 1. The molecule has 0 radical (unpaired) electrons. The largest absolute Gasteiger partial charge is 0.508 e. The third-order valence-electron chi connectivity index (χ3n) is 12.3. The molecule has 0 fully saturated rings. The molecular weight excluding hydrogens is 807 g/mol. The average Bonchev–Trinajstić information content (AvgIpc) is 3.17. The van der Waals surface area contributed by atoms with Crippen LogP contribution in [0.3, 0.4) is 0 Å². The average molecular weight is 874 g/mol. The van der Waals surface area contributed by atoms with Crippen LogP contribution in [0.5, 0.6) is 28.7 Å². The topological polar surface area (TPSA) is 131 Å². The quantitative estimate of drug-likeness (QED) is 0.112. The van der Waals surface area contributed by atoms with E-state index in [1.165, 1.54) is 18.9 Å². The van der Waals surface area contributed by atoms with E-state index in [0.717, 1.165) is 27.8 Å². The van der Waals surface area contributed by atoms with Gasteiger partial charge in [-0.15, -0.1) is 0 Å². The van der Waals surface area contributed by atoms with E-state index in [9.17, 15) is 30.3 Å². The number of carbonyl (C=O) groups excluding carboxylic acids is 1. The van der Waals surface area contributed by atoms with E-state index in [2.05, 4.69) is 83.1 Å². The Morgan fingerprint density at radius 1 is 0.540 bits per heavy atom. The molecule has 1 heterocycles. The van der Waals surface area contributed by atoms with Crippen molar-refractivity contribution in [2.24, 2.45) is 0 Å². The molecule has 0 aliphatic carbocycles. The number of methoxy groups -OCH3 is 1. The fraction of sp³-hybridized carbons (Fsp3) is 0.426. The van der Waals surface area contributed by atoms with Crippen LogP contribution in [0.4, 0.5) is 0 Å². The van der Waals surface area contributed by atoms with Gasteiger partial charge in [-0.05, 0) is 102 Å². The molecule has 0 spiro atoms. The van der Waals surface area contributed by atoms with Gasteiger partial charge in [-0.2, -0.15) is 0 Å². The molecule has 1 aliphatic heterocycles. The van der Waals surface area contributed by atoms with E-state index in [1.807, 2.05) is 53.4 Å². The molecule has 5 aromatic rings. The van der Waals surface area contributed by atoms with Gasteiger partial charge >= 0.3 is 5.97 Å². The lowest BCUT2D eigenvalue weighted by atomic mass is 9.82. The van der Waals surface area contributed by atoms with E-state index >= 15 is 0 Å². The summed E-state index contributed by atoms with van der Waals surface area (Å²) >= 11 is 1.32. The Labute approximate surface area is 379 Å². The second-order valence-electron chi connectivity index (χ2n) is 21.5. The summed E-state index contributed by atoms with van der Waals surface area (Å²) < 4.78 is 5.49. The summed E-state index contributed by atoms with van der Waals surface area (Å²) in [6.07, 6.45) is 0.629. The fourth-order valence-electron chi connectivity index (χ4n) is 8.11. The first-order valence-electron chi connectivity index (χ1n) is 21.8. The standard InChI is InChI=1S/C54H67NO7S/c1-51(2,3)38-21-32-19-34-23-40(53(7,8)9)27-44(48(34)59)63-45-28-41(54(10,11)12)24-35(49(45)60)20-33-22-39(52(4,5)6)26-37(47(33)58)30-55(29-36(25-38)46(32)57)43(50(61)62-13)18-31-14-16-42(56)17-15-31/h14-17,21-28,43,56-60H,18-20,29-30H2,1-13H3. The van der Waals surface area contributed by atoms with Crippen LogP contribution in [0, 0.1) is 0 Å². The lowest BCUT2D eigenvalue weighted by Crippen LogP contribution is -2.43. The molecule has 0 saturated heterocycles. The molecule has 336 valence electrons. The van der Waals surface area contributed by atoms with Gasteiger partial charge in [0.05, 0.1) is 16.9 Å². The van der Waals surface area contributed by atoms with Crippen LogP contribution < -0.4 is 0 Å². The van der Waals surface area contributed by atoms with Crippen molar-refractivity contribution in [1.29, 1.82) is 0 Å². The molecule has 0 aromatic heterocycles. The smallest absolute Gasteiger partial charge is 0.323 e. The SMILES string of the molecule is COC(=O)C(Cc1ccc(O)cc1)N1Cc2cc(C(C)(C)C)cc(c2O)Cc2cc(C(C)(C)C)cc(c2O)Sc2cc(C(C)(C)C)cc(c2O)Cc2cc(C(C)(C)C)cc(c2O)C1. The Morgan fingerprint density at radius 2 is 0.873 bits per heavy atom. The van der Waals surface area contributed by atoms with Crippen LogP contribution in [-0.2, 0) is 63.5 Å². The van der Waals surface area contributed by atoms with E-state index in [4.69, 9.17) is 4.74 Å². The molecule has 0 amide bonds. The summed E-state index contributed by atoms with van der Waals surface area (Å²) in [6, 6.07) is 21.8. The predicted molar refractivity (Wildman–Crippen MR) is 254 cm³/mol. The summed E-state index contributed by atoms with van der Waals surface area (Å²) in [5.41, 5.74) is 7.07. The van der Waals surface area contributed by atoms with E-state index in [1.54, 1.807) is 24.3 Å². The molecule has 5 aromatic carbocycles. The molecule has 5 N–H and O–H groups in total. The van der Waals surface area contributed by atoms with Crippen molar-refractivity contribution < 1.29 is 35.1 Å². The summed E-state index contributed by atoms with van der Waals surface area (Å²) in [5.74, 6) is -0.154. The zero-order chi connectivity index (χ0) is 46.6. The van der Waals surface area contributed by atoms with Gasteiger partial charge in [0.25, 0.3) is 0 Å². The molecule has 6 rings (SSSR count). The highest BCUT2D eigenvalue weighted by atomic mass is 32.2. The second kappa shape index (κ2) is 17.5. The van der Waals surface area contributed by atoms with Crippen molar-refractivity contribution in [2.75, 3.05) is 7.11 Å². The maximum absolute atomic E-state index is 14.1. The van der Waals surface area contributed by atoms with Crippen LogP contribution in [0.15, 0.2) is 82.6 Å². The molecule has 0 saturated carbocycles. The second-order valence-corrected chi connectivity index (χ2v) is 22.6. The normalized spacial score (nSPS) is 14.7. The summed E-state index contributed by atoms with van der Waals surface area (Å²) in [5, 5.41) is 59.5. The first-order valence-corrected chi connectivity index (χ1v) is 22.7. The van der Waals surface area contributed by atoms with Crippen molar-refractivity contribution in [3.05, 3.63) is 134 Å². The number of esters is 1. The highest BCUT2D eigenvalue weighted by molar-refractivity contribution is 7.99. The Balaban J connectivity index is 1.71. The van der Waals surface area contributed by atoms with Gasteiger partial charge in [-0.3, -0.25) is 9.69 Å². The molecule has 8 nitrogen and oxygen atoms in total. The summed E-state index contributed by atoms with van der Waals surface area (Å²) in [7, 11) is 1.36. The number of rotatable bonds is 4. The molecule has 8 bridgehead atoms. The van der Waals surface area contributed by atoms with Crippen LogP contribution in [0.2, 0.25) is 0 Å². The lowest BCUT2D eigenvalue weighted by Gasteiger charge is -2.33. The minimum Gasteiger partial charge on any atom is -0.508 e. The Kier molecular flexibility index (Phi) is 13.1. The van der Waals surface area contributed by atoms with Gasteiger partial charge in [0, 0.05) is 37.1 Å². The van der Waals surface area contributed by atoms with E-state index < -0.39 is 12.0 Å². The minimum atomic E-state index is -0.880. The third-order valence-corrected chi connectivity index (χ3v) is 13.4. The maximum atomic E-state index is 14.1. The number of phenolic OH excluding ortho intramolecular Hbond substituents is 5. The molecular formula is C54H67NO7S. The predicted octanol–water partition coefficient (Wildman–Crippen LogP) is 11.8. The van der Waals surface area contributed by atoms with Gasteiger partial charge in [0.2, 0.25) is 0 Å². The van der Waals surface area contributed by atoms with Crippen molar-refractivity contribution >= 4 is 17.7 Å². The number of phenols is 5. The van der Waals surface area contributed by atoms with Gasteiger partial charge in [0.15, 0.2) is 0 Å². The number of hydrogen-bond donors (Lipinski definition) is 5. The number of fused-ring (bicyclic) bond motifs is 8. The van der Waals surface area contributed by atoms with Crippen molar-refractivity contribution in [3.63, 3.8) is 0 Å². The minimum absolute atomic E-state index is 0.0469. The first-order chi connectivity index (χ1) is 29.1. The fourth-order valence-corrected chi connectivity index (χ4v) is 9.18. The third kappa shape index (κ3) is 10.6. The number of carbonyl (C=O) groups is 1. The number of hydrogen-bond acceptors (Lipinski definition) is 9. The van der Waals surface area contributed by atoms with Crippen molar-refractivity contribution in [1.82, 2.24) is 4.90 Å². The zero-order valence-corrected chi connectivity index (χ0v) is 40.3. The molecule has 1 atom stereocenters. The molecule has 63 heavy (non-hydrogen) atoms. The maximum Gasteiger partial charge on any atom is 0.323 e. The monoisotopic (exact) mass is 873 g/mol. The van der Waals surface area contributed by atoms with Gasteiger partial charge < -0.3 is 30.3 Å². The van der Waals surface area contributed by atoms with Gasteiger partial charge in [-0.1, -0.05) is 143 Å². The number of aromatic hydroxyl groups is 5. The van der Waals surface area contributed by atoms with Crippen molar-refractivity contribution in [2.45, 2.75) is 153 Å². The van der Waals surface area contributed by atoms with E-state index in [0.29, 0.717) is 43.2 Å². The van der Waals surface area contributed by atoms with Crippen LogP contribution in [0.25, 0.3) is 0 Å². The van der Waals surface area contributed by atoms with Gasteiger partial charge in [-0.25, -0.2) is 0 Å².